The van der Waals surface area contributed by atoms with Gasteiger partial charge in [0.15, 0.2) is 0 Å². The number of alkyl halides is 2. The van der Waals surface area contributed by atoms with Gasteiger partial charge in [-0.15, -0.1) is 0 Å². The number of amides is 2. The summed E-state index contributed by atoms with van der Waals surface area (Å²) in [6.07, 6.45) is 0.592. The van der Waals surface area contributed by atoms with Gasteiger partial charge in [-0.3, -0.25) is 0 Å². The lowest BCUT2D eigenvalue weighted by Gasteiger charge is -2.24. The molecular formula is C16H24F2N2O3. The first-order valence-electron chi connectivity index (χ1n) is 7.43. The van der Waals surface area contributed by atoms with Crippen LogP contribution < -0.4 is 15.4 Å². The van der Waals surface area contributed by atoms with Crippen molar-refractivity contribution >= 4 is 6.03 Å². The molecule has 1 unspecified atom stereocenters. The Morgan fingerprint density at radius 2 is 1.91 bits per heavy atom. The van der Waals surface area contributed by atoms with Crippen LogP contribution in [0.25, 0.3) is 0 Å². The summed E-state index contributed by atoms with van der Waals surface area (Å²) in [5, 5.41) is 14.5. The highest BCUT2D eigenvalue weighted by Crippen LogP contribution is 2.20. The number of hydrogen-bond donors (Lipinski definition) is 3. The molecule has 5 nitrogen and oxygen atoms in total. The lowest BCUT2D eigenvalue weighted by molar-refractivity contribution is -0.0498. The number of aliphatic hydroxyl groups is 1. The first-order valence-corrected chi connectivity index (χ1v) is 7.43. The number of nitrogens with one attached hydrogen (secondary N) is 2. The van der Waals surface area contributed by atoms with Crippen LogP contribution in [0, 0.1) is 5.41 Å². The summed E-state index contributed by atoms with van der Waals surface area (Å²) in [6.45, 7) is 3.35. The Morgan fingerprint density at radius 3 is 2.43 bits per heavy atom. The zero-order valence-corrected chi connectivity index (χ0v) is 13.6. The molecule has 1 aromatic rings. The quantitative estimate of drug-likeness (QED) is 0.686. The zero-order valence-electron chi connectivity index (χ0n) is 13.6. The van der Waals surface area contributed by atoms with Crippen molar-refractivity contribution in [2.75, 3.05) is 13.2 Å². The van der Waals surface area contributed by atoms with E-state index in [4.69, 9.17) is 5.11 Å². The summed E-state index contributed by atoms with van der Waals surface area (Å²) in [4.78, 5) is 11.9. The van der Waals surface area contributed by atoms with Crippen LogP contribution >= 0.6 is 0 Å². The normalized spacial score (nSPS) is 12.8. The van der Waals surface area contributed by atoms with E-state index in [0.717, 1.165) is 5.56 Å². The standard InChI is InChI=1S/C16H24F2N2O3/c1-11(12-4-6-13(7-5-12)23-14(17)18)20-15(22)19-10-16(2,3)8-9-21/h4-7,11,14,21H,8-10H2,1-3H3,(H2,19,20,22). The van der Waals surface area contributed by atoms with Gasteiger partial charge in [0.05, 0.1) is 6.04 Å². The molecule has 2 amide bonds. The number of carbonyl (C=O) groups excluding carboxylic acids is 1. The highest BCUT2D eigenvalue weighted by atomic mass is 19.3. The number of urea groups is 1. The van der Waals surface area contributed by atoms with Crippen molar-refractivity contribution in [3.05, 3.63) is 29.8 Å². The third kappa shape index (κ3) is 7.27. The van der Waals surface area contributed by atoms with Gasteiger partial charge < -0.3 is 20.5 Å². The SMILES string of the molecule is CC(NC(=O)NCC(C)(C)CCO)c1ccc(OC(F)F)cc1. The smallest absolute Gasteiger partial charge is 0.387 e. The molecule has 1 atom stereocenters. The molecule has 130 valence electrons. The van der Waals surface area contributed by atoms with Crippen LogP contribution in [0.4, 0.5) is 13.6 Å². The maximum Gasteiger partial charge on any atom is 0.387 e. The molecule has 0 aliphatic carbocycles. The molecule has 1 rings (SSSR count). The van der Waals surface area contributed by atoms with Crippen LogP contribution in [0.3, 0.4) is 0 Å². The Balaban J connectivity index is 2.48. The molecule has 1 aromatic carbocycles. The molecule has 0 fully saturated rings. The number of hydrogen-bond acceptors (Lipinski definition) is 3. The number of ether oxygens (including phenoxy) is 1. The van der Waals surface area contributed by atoms with Crippen LogP contribution in [-0.2, 0) is 0 Å². The van der Waals surface area contributed by atoms with Gasteiger partial charge in [-0.05, 0) is 36.5 Å². The average Bonchev–Trinajstić information content (AvgIpc) is 2.45. The molecule has 0 spiro atoms. The summed E-state index contributed by atoms with van der Waals surface area (Å²) in [6, 6.07) is 5.51. The van der Waals surface area contributed by atoms with E-state index in [1.165, 1.54) is 12.1 Å². The fraction of sp³-hybridized carbons (Fsp3) is 0.562. The number of aliphatic hydroxyl groups excluding tert-OH is 1. The van der Waals surface area contributed by atoms with Gasteiger partial charge >= 0.3 is 12.6 Å². The van der Waals surface area contributed by atoms with Crippen molar-refractivity contribution in [1.82, 2.24) is 10.6 Å². The van der Waals surface area contributed by atoms with Crippen molar-refractivity contribution in [3.63, 3.8) is 0 Å². The molecule has 7 heteroatoms. The van der Waals surface area contributed by atoms with Gasteiger partial charge in [0.2, 0.25) is 0 Å². The molecule has 0 saturated carbocycles. The third-order valence-corrected chi connectivity index (χ3v) is 3.47. The Hall–Kier alpha value is -1.89. The fourth-order valence-electron chi connectivity index (χ4n) is 1.98. The average molecular weight is 330 g/mol. The van der Waals surface area contributed by atoms with E-state index in [2.05, 4.69) is 15.4 Å². The third-order valence-electron chi connectivity index (χ3n) is 3.47. The van der Waals surface area contributed by atoms with E-state index < -0.39 is 6.61 Å². The van der Waals surface area contributed by atoms with Gasteiger partial charge in [0.25, 0.3) is 0 Å². The van der Waals surface area contributed by atoms with E-state index >= 15 is 0 Å². The molecule has 3 N–H and O–H groups in total. The molecule has 0 bridgehead atoms. The van der Waals surface area contributed by atoms with Gasteiger partial charge in [0, 0.05) is 13.2 Å². The maximum absolute atomic E-state index is 12.1. The van der Waals surface area contributed by atoms with Crippen molar-refractivity contribution in [2.24, 2.45) is 5.41 Å². The summed E-state index contributed by atoms with van der Waals surface area (Å²) >= 11 is 0. The van der Waals surface area contributed by atoms with Crippen LogP contribution in [0.1, 0.15) is 38.8 Å². The summed E-state index contributed by atoms with van der Waals surface area (Å²) in [7, 11) is 0. The first kappa shape index (κ1) is 19.2. The van der Waals surface area contributed by atoms with E-state index in [1.807, 2.05) is 13.8 Å². The van der Waals surface area contributed by atoms with Crippen LogP contribution in [0.5, 0.6) is 5.75 Å². The molecule has 0 saturated heterocycles. The minimum Gasteiger partial charge on any atom is -0.435 e. The Labute approximate surface area is 135 Å². The van der Waals surface area contributed by atoms with E-state index in [-0.39, 0.29) is 29.8 Å². The van der Waals surface area contributed by atoms with Crippen LogP contribution in [-0.4, -0.2) is 30.9 Å². The number of carbonyl (C=O) groups is 1. The summed E-state index contributed by atoms with van der Waals surface area (Å²) in [5.74, 6) is 0.0751. The molecule has 0 aliphatic heterocycles. The van der Waals surface area contributed by atoms with Crippen molar-refractivity contribution < 1.29 is 23.4 Å². The molecule has 0 radical (unpaired) electrons. The van der Waals surface area contributed by atoms with E-state index in [9.17, 15) is 13.6 Å². The second-order valence-corrected chi connectivity index (χ2v) is 6.13. The molecular weight excluding hydrogens is 306 g/mol. The molecule has 23 heavy (non-hydrogen) atoms. The van der Waals surface area contributed by atoms with E-state index in [0.29, 0.717) is 13.0 Å². The molecule has 0 heterocycles. The van der Waals surface area contributed by atoms with Crippen LogP contribution in [0.2, 0.25) is 0 Å². The van der Waals surface area contributed by atoms with Crippen LogP contribution in [0.15, 0.2) is 24.3 Å². The summed E-state index contributed by atoms with van der Waals surface area (Å²) < 4.78 is 28.4. The monoisotopic (exact) mass is 330 g/mol. The maximum atomic E-state index is 12.1. The number of halogens is 2. The molecule has 0 aliphatic rings. The first-order chi connectivity index (χ1) is 10.7. The summed E-state index contributed by atoms with van der Waals surface area (Å²) in [5.41, 5.74) is 0.584. The highest BCUT2D eigenvalue weighted by Gasteiger charge is 2.18. The van der Waals surface area contributed by atoms with E-state index in [1.54, 1.807) is 19.1 Å². The molecule has 0 aromatic heterocycles. The lowest BCUT2D eigenvalue weighted by atomic mass is 9.90. The van der Waals surface area contributed by atoms with Crippen molar-refractivity contribution in [2.45, 2.75) is 39.8 Å². The number of benzene rings is 1. The van der Waals surface area contributed by atoms with Gasteiger partial charge in [-0.1, -0.05) is 26.0 Å². The zero-order chi connectivity index (χ0) is 17.5. The second kappa shape index (κ2) is 8.67. The minimum absolute atomic E-state index is 0.0692. The largest absolute Gasteiger partial charge is 0.435 e. The predicted molar refractivity (Wildman–Crippen MR) is 83.5 cm³/mol. The van der Waals surface area contributed by atoms with Gasteiger partial charge in [0.1, 0.15) is 5.75 Å². The fourth-order valence-corrected chi connectivity index (χ4v) is 1.98. The van der Waals surface area contributed by atoms with Gasteiger partial charge in [-0.2, -0.15) is 8.78 Å². The topological polar surface area (TPSA) is 70.6 Å². The Bertz CT molecular complexity index is 493. The second-order valence-electron chi connectivity index (χ2n) is 6.13. The number of rotatable bonds is 8. The lowest BCUT2D eigenvalue weighted by Crippen LogP contribution is -2.41. The minimum atomic E-state index is -2.86. The van der Waals surface area contributed by atoms with Crippen molar-refractivity contribution in [3.8, 4) is 5.75 Å². The Kier molecular flexibility index (Phi) is 7.22. The van der Waals surface area contributed by atoms with Gasteiger partial charge in [-0.25, -0.2) is 4.79 Å². The predicted octanol–water partition coefficient (Wildman–Crippen LogP) is 3.06. The van der Waals surface area contributed by atoms with Crippen molar-refractivity contribution in [1.29, 1.82) is 0 Å². The highest BCUT2D eigenvalue weighted by molar-refractivity contribution is 5.74. The Morgan fingerprint density at radius 1 is 1.30 bits per heavy atom.